The van der Waals surface area contributed by atoms with Gasteiger partial charge in [-0.1, -0.05) is 20.3 Å². The molecule has 0 saturated heterocycles. The standard InChI is InChI=1S/C13H25NO3S/c1-3-9(2)8-18(16,17)14-13-11-5-4-10(6-11)12(13)7-15/h9-15H,3-8H2,1-2H3. The van der Waals surface area contributed by atoms with Crippen LogP contribution in [0.3, 0.4) is 0 Å². The smallest absolute Gasteiger partial charge is 0.212 e. The first-order valence-corrected chi connectivity index (χ1v) is 8.73. The lowest BCUT2D eigenvalue weighted by molar-refractivity contribution is 0.153. The Morgan fingerprint density at radius 2 is 2.00 bits per heavy atom. The van der Waals surface area contributed by atoms with E-state index in [1.165, 1.54) is 0 Å². The highest BCUT2D eigenvalue weighted by Crippen LogP contribution is 2.48. The van der Waals surface area contributed by atoms with E-state index in [0.717, 1.165) is 25.7 Å². The number of nitrogens with one attached hydrogen (secondary N) is 1. The van der Waals surface area contributed by atoms with Crippen molar-refractivity contribution in [3.8, 4) is 0 Å². The number of hydrogen-bond acceptors (Lipinski definition) is 3. The third-order valence-electron chi connectivity index (χ3n) is 4.82. The Morgan fingerprint density at radius 3 is 2.61 bits per heavy atom. The van der Waals surface area contributed by atoms with Gasteiger partial charge >= 0.3 is 0 Å². The van der Waals surface area contributed by atoms with Gasteiger partial charge in [0.05, 0.1) is 5.75 Å². The Kier molecular flexibility index (Phi) is 4.34. The number of sulfonamides is 1. The van der Waals surface area contributed by atoms with Crippen LogP contribution in [-0.2, 0) is 10.0 Å². The molecule has 5 unspecified atom stereocenters. The van der Waals surface area contributed by atoms with Crippen molar-refractivity contribution in [2.75, 3.05) is 12.4 Å². The fourth-order valence-corrected chi connectivity index (χ4v) is 5.47. The minimum Gasteiger partial charge on any atom is -0.396 e. The molecule has 0 aliphatic heterocycles. The van der Waals surface area contributed by atoms with E-state index < -0.39 is 10.0 Å². The van der Waals surface area contributed by atoms with E-state index in [1.54, 1.807) is 0 Å². The van der Waals surface area contributed by atoms with Crippen molar-refractivity contribution in [2.45, 2.75) is 45.6 Å². The molecule has 0 spiro atoms. The minimum atomic E-state index is -3.20. The molecule has 5 heteroatoms. The summed E-state index contributed by atoms with van der Waals surface area (Å²) in [6.07, 6.45) is 4.22. The van der Waals surface area contributed by atoms with Gasteiger partial charge in [-0.3, -0.25) is 0 Å². The van der Waals surface area contributed by atoms with Crippen molar-refractivity contribution in [3.63, 3.8) is 0 Å². The number of hydrogen-bond donors (Lipinski definition) is 2. The Balaban J connectivity index is 2.00. The number of fused-ring (bicyclic) bond motifs is 2. The Hall–Kier alpha value is -0.130. The van der Waals surface area contributed by atoms with Gasteiger partial charge < -0.3 is 5.11 Å². The SMILES string of the molecule is CCC(C)CS(=O)(=O)NC1C2CCC(C2)C1CO. The van der Waals surface area contributed by atoms with Crippen LogP contribution in [-0.4, -0.2) is 31.9 Å². The monoisotopic (exact) mass is 275 g/mol. The zero-order valence-corrected chi connectivity index (χ0v) is 12.1. The van der Waals surface area contributed by atoms with E-state index in [9.17, 15) is 13.5 Å². The molecule has 2 aliphatic carbocycles. The maximum absolute atomic E-state index is 12.1. The van der Waals surface area contributed by atoms with E-state index in [-0.39, 0.29) is 30.2 Å². The maximum Gasteiger partial charge on any atom is 0.212 e. The fourth-order valence-electron chi connectivity index (χ4n) is 3.60. The third kappa shape index (κ3) is 2.89. The average Bonchev–Trinajstić information content (AvgIpc) is 2.88. The molecular weight excluding hydrogens is 250 g/mol. The summed E-state index contributed by atoms with van der Waals surface area (Å²) < 4.78 is 27.1. The summed E-state index contributed by atoms with van der Waals surface area (Å²) in [4.78, 5) is 0. The zero-order chi connectivity index (χ0) is 13.3. The first kappa shape index (κ1) is 14.3. The lowest BCUT2D eigenvalue weighted by Crippen LogP contribution is -2.46. The van der Waals surface area contributed by atoms with Crippen LogP contribution < -0.4 is 4.72 Å². The zero-order valence-electron chi connectivity index (χ0n) is 11.3. The molecule has 4 nitrogen and oxygen atoms in total. The summed E-state index contributed by atoms with van der Waals surface area (Å²) in [7, 11) is -3.20. The van der Waals surface area contributed by atoms with Crippen LogP contribution >= 0.6 is 0 Å². The Bertz CT molecular complexity index is 382. The largest absolute Gasteiger partial charge is 0.396 e. The molecule has 106 valence electrons. The Labute approximate surface area is 110 Å². The molecular formula is C13H25NO3S. The van der Waals surface area contributed by atoms with Crippen LogP contribution in [0.2, 0.25) is 0 Å². The molecule has 2 saturated carbocycles. The summed E-state index contributed by atoms with van der Waals surface area (Å²) in [6.45, 7) is 4.08. The van der Waals surface area contributed by atoms with E-state index in [0.29, 0.717) is 11.8 Å². The van der Waals surface area contributed by atoms with Crippen LogP contribution in [0.25, 0.3) is 0 Å². The molecule has 0 amide bonds. The van der Waals surface area contributed by atoms with Gasteiger partial charge in [0, 0.05) is 18.6 Å². The van der Waals surface area contributed by atoms with Crippen LogP contribution in [0, 0.1) is 23.7 Å². The van der Waals surface area contributed by atoms with Crippen molar-refractivity contribution in [1.29, 1.82) is 0 Å². The third-order valence-corrected chi connectivity index (χ3v) is 6.45. The van der Waals surface area contributed by atoms with Crippen LogP contribution in [0.1, 0.15) is 39.5 Å². The van der Waals surface area contributed by atoms with Gasteiger partial charge in [0.1, 0.15) is 0 Å². The normalized spacial score (nSPS) is 37.1. The lowest BCUT2D eigenvalue weighted by atomic mass is 9.86. The summed E-state index contributed by atoms with van der Waals surface area (Å²) in [5.74, 6) is 1.49. The van der Waals surface area contributed by atoms with Gasteiger partial charge in [0.2, 0.25) is 10.0 Å². The number of aliphatic hydroxyl groups is 1. The molecule has 18 heavy (non-hydrogen) atoms. The van der Waals surface area contributed by atoms with E-state index >= 15 is 0 Å². The second-order valence-electron chi connectivity index (χ2n) is 6.12. The highest BCUT2D eigenvalue weighted by molar-refractivity contribution is 7.89. The second-order valence-corrected chi connectivity index (χ2v) is 7.92. The number of rotatable bonds is 6. The fraction of sp³-hybridized carbons (Fsp3) is 1.00. The molecule has 0 aromatic heterocycles. The summed E-state index contributed by atoms with van der Waals surface area (Å²) in [5.41, 5.74) is 0. The van der Waals surface area contributed by atoms with Crippen LogP contribution in [0.15, 0.2) is 0 Å². The predicted molar refractivity (Wildman–Crippen MR) is 71.6 cm³/mol. The Morgan fingerprint density at radius 1 is 1.33 bits per heavy atom. The topological polar surface area (TPSA) is 66.4 Å². The van der Waals surface area contributed by atoms with Gasteiger partial charge in [0.15, 0.2) is 0 Å². The maximum atomic E-state index is 12.1. The van der Waals surface area contributed by atoms with Gasteiger partial charge in [-0.25, -0.2) is 13.1 Å². The van der Waals surface area contributed by atoms with Crippen molar-refractivity contribution in [2.24, 2.45) is 23.7 Å². The summed E-state index contributed by atoms with van der Waals surface area (Å²) in [5, 5.41) is 9.45. The first-order valence-electron chi connectivity index (χ1n) is 7.07. The van der Waals surface area contributed by atoms with Crippen molar-refractivity contribution >= 4 is 10.0 Å². The molecule has 2 bridgehead atoms. The molecule has 2 N–H and O–H groups in total. The van der Waals surface area contributed by atoms with Crippen LogP contribution in [0.5, 0.6) is 0 Å². The molecule has 2 rings (SSSR count). The molecule has 2 aliphatic rings. The van der Waals surface area contributed by atoms with Crippen molar-refractivity contribution < 1.29 is 13.5 Å². The predicted octanol–water partition coefficient (Wildman–Crippen LogP) is 1.36. The van der Waals surface area contributed by atoms with Gasteiger partial charge in [0.25, 0.3) is 0 Å². The number of aliphatic hydroxyl groups excluding tert-OH is 1. The average molecular weight is 275 g/mol. The highest BCUT2D eigenvalue weighted by Gasteiger charge is 2.48. The van der Waals surface area contributed by atoms with E-state index in [4.69, 9.17) is 0 Å². The lowest BCUT2D eigenvalue weighted by Gasteiger charge is -2.30. The van der Waals surface area contributed by atoms with Crippen molar-refractivity contribution in [1.82, 2.24) is 4.72 Å². The van der Waals surface area contributed by atoms with Gasteiger partial charge in [-0.2, -0.15) is 0 Å². The van der Waals surface area contributed by atoms with E-state index in [1.807, 2.05) is 13.8 Å². The molecule has 0 aromatic rings. The van der Waals surface area contributed by atoms with Crippen LogP contribution in [0.4, 0.5) is 0 Å². The molecule has 0 radical (unpaired) electrons. The summed E-state index contributed by atoms with van der Waals surface area (Å²) >= 11 is 0. The molecule has 0 heterocycles. The van der Waals surface area contributed by atoms with Gasteiger partial charge in [-0.05, 0) is 37.0 Å². The highest BCUT2D eigenvalue weighted by atomic mass is 32.2. The van der Waals surface area contributed by atoms with Gasteiger partial charge in [-0.15, -0.1) is 0 Å². The summed E-state index contributed by atoms with van der Waals surface area (Å²) in [6, 6.07) is -0.0252. The first-order chi connectivity index (χ1) is 8.46. The molecule has 5 atom stereocenters. The van der Waals surface area contributed by atoms with E-state index in [2.05, 4.69) is 4.72 Å². The second kappa shape index (κ2) is 5.47. The molecule has 0 aromatic carbocycles. The minimum absolute atomic E-state index is 0.0252. The van der Waals surface area contributed by atoms with Crippen molar-refractivity contribution in [3.05, 3.63) is 0 Å². The quantitative estimate of drug-likeness (QED) is 0.769. The molecule has 2 fully saturated rings.